The Bertz CT molecular complexity index is 153. The van der Waals surface area contributed by atoms with Gasteiger partial charge in [-0.2, -0.15) is 5.26 Å². The molecule has 2 unspecified atom stereocenters. The molecule has 0 saturated carbocycles. The number of hydrogen-bond donors (Lipinski definition) is 0. The monoisotopic (exact) mass is 162 g/mol. The van der Waals surface area contributed by atoms with Crippen LogP contribution in [0.4, 0.5) is 0 Å². The molecule has 0 radical (unpaired) electrons. The van der Waals surface area contributed by atoms with Crippen molar-refractivity contribution < 1.29 is 12.9 Å². The molecule has 0 aliphatic rings. The zero-order valence-electron chi connectivity index (χ0n) is 5.57. The number of nitrogens with zero attached hydrogens (tertiary/aromatic N) is 1. The van der Waals surface area contributed by atoms with Gasteiger partial charge in [-0.3, -0.25) is 4.18 Å². The molecule has 0 heterocycles. The molecule has 0 bridgehead atoms. The first kappa shape index (κ1) is 9.56. The highest BCUT2D eigenvalue weighted by Crippen LogP contribution is 2.01. The lowest BCUT2D eigenvalue weighted by Crippen LogP contribution is -2.11. The molecule has 0 spiro atoms. The number of rotatable bonds is 4. The second kappa shape index (κ2) is 5.35. The van der Waals surface area contributed by atoms with E-state index in [4.69, 9.17) is 5.26 Å². The van der Waals surface area contributed by atoms with Crippen molar-refractivity contribution in [2.24, 2.45) is 0 Å². The molecule has 0 amide bonds. The van der Waals surface area contributed by atoms with Crippen LogP contribution < -0.4 is 0 Å². The van der Waals surface area contributed by atoms with Crippen LogP contribution in [-0.2, 0) is 15.5 Å². The molecule has 0 aliphatic carbocycles. The Labute approximate surface area is 62.3 Å². The van der Waals surface area contributed by atoms with Gasteiger partial charge in [-0.15, -0.1) is 0 Å². The minimum atomic E-state index is -2.57. The Balaban J connectivity index is 3.63. The van der Waals surface area contributed by atoms with Crippen LogP contribution in [0, 0.1) is 11.3 Å². The molecular formula is C5H8NO3S-. The maximum Gasteiger partial charge on any atom is 0.160 e. The zero-order chi connectivity index (χ0) is 7.98. The van der Waals surface area contributed by atoms with Crippen molar-refractivity contribution in [2.75, 3.05) is 0 Å². The van der Waals surface area contributed by atoms with E-state index in [1.165, 1.54) is 0 Å². The molecule has 0 fully saturated rings. The van der Waals surface area contributed by atoms with Crippen molar-refractivity contribution in [1.82, 2.24) is 0 Å². The fraction of sp³-hybridized carbons (Fsp3) is 0.800. The highest BCUT2D eigenvalue weighted by Gasteiger charge is 2.04. The summed E-state index contributed by atoms with van der Waals surface area (Å²) in [5.41, 5.74) is 0. The van der Waals surface area contributed by atoms with E-state index >= 15 is 0 Å². The summed E-state index contributed by atoms with van der Waals surface area (Å²) in [6.07, 6.45) is 0.364. The van der Waals surface area contributed by atoms with E-state index in [-0.39, 0.29) is 0 Å². The summed E-state index contributed by atoms with van der Waals surface area (Å²) in [6, 6.07) is 1.72. The molecule has 0 rings (SSSR count). The minimum Gasteiger partial charge on any atom is -0.750 e. The maximum atomic E-state index is 9.87. The van der Waals surface area contributed by atoms with Gasteiger partial charge in [0.1, 0.15) is 0 Å². The Morgan fingerprint density at radius 1 is 1.90 bits per heavy atom. The van der Waals surface area contributed by atoms with E-state index in [9.17, 15) is 8.76 Å². The normalized spacial score (nSPS) is 15.7. The lowest BCUT2D eigenvalue weighted by atomic mass is 10.2. The molecule has 0 aromatic rings. The first-order valence-electron chi connectivity index (χ1n) is 2.86. The second-order valence-corrected chi connectivity index (χ2v) is 2.31. The zero-order valence-corrected chi connectivity index (χ0v) is 6.39. The summed E-state index contributed by atoms with van der Waals surface area (Å²) in [4.78, 5) is 0. The third kappa shape index (κ3) is 4.44. The first-order chi connectivity index (χ1) is 4.70. The first-order valence-corrected chi connectivity index (χ1v) is 3.86. The summed E-state index contributed by atoms with van der Waals surface area (Å²) in [5.74, 6) is 0. The van der Waals surface area contributed by atoms with E-state index in [0.29, 0.717) is 6.42 Å². The third-order valence-corrected chi connectivity index (χ3v) is 1.28. The lowest BCUT2D eigenvalue weighted by Gasteiger charge is -2.09. The summed E-state index contributed by atoms with van der Waals surface area (Å²) in [5, 5.41) is 8.26. The number of hydrogen-bond acceptors (Lipinski definition) is 4. The van der Waals surface area contributed by atoms with Crippen molar-refractivity contribution in [3.63, 3.8) is 0 Å². The average Bonchev–Trinajstić information content (AvgIpc) is 1.86. The third-order valence-electron chi connectivity index (χ3n) is 0.890. The smallest absolute Gasteiger partial charge is 0.160 e. The fourth-order valence-electron chi connectivity index (χ4n) is 0.491. The largest absolute Gasteiger partial charge is 0.750 e. The van der Waals surface area contributed by atoms with Gasteiger partial charge in [-0.1, -0.05) is 13.3 Å². The van der Waals surface area contributed by atoms with Crippen molar-refractivity contribution in [1.29, 1.82) is 5.26 Å². The standard InChI is InChI=1S/C5H9NO3S/c1-2-3-5(4-6)9-10(7)8/h5H,2-3H2,1H3,(H,7,8)/p-1. The molecule has 5 heteroatoms. The summed E-state index contributed by atoms with van der Waals surface area (Å²) >= 11 is -2.57. The van der Waals surface area contributed by atoms with E-state index in [1.807, 2.05) is 6.92 Å². The van der Waals surface area contributed by atoms with Gasteiger partial charge in [-0.25, -0.2) is 4.21 Å². The van der Waals surface area contributed by atoms with E-state index in [0.717, 1.165) is 6.42 Å². The van der Waals surface area contributed by atoms with Crippen molar-refractivity contribution in [2.45, 2.75) is 25.9 Å². The van der Waals surface area contributed by atoms with Gasteiger partial charge in [-0.05, 0) is 6.42 Å². The number of nitriles is 1. The minimum absolute atomic E-state index is 0.449. The Morgan fingerprint density at radius 3 is 2.80 bits per heavy atom. The Hall–Kier alpha value is -0.440. The van der Waals surface area contributed by atoms with Gasteiger partial charge in [0.2, 0.25) is 0 Å². The van der Waals surface area contributed by atoms with E-state index in [2.05, 4.69) is 4.18 Å². The van der Waals surface area contributed by atoms with E-state index in [1.54, 1.807) is 6.07 Å². The predicted octanol–water partition coefficient (Wildman–Crippen LogP) is 0.489. The van der Waals surface area contributed by atoms with Crippen molar-refractivity contribution >= 4 is 11.4 Å². The molecule has 0 N–H and O–H groups in total. The second-order valence-electron chi connectivity index (χ2n) is 1.71. The molecule has 58 valence electrons. The van der Waals surface area contributed by atoms with Gasteiger partial charge in [0.25, 0.3) is 0 Å². The lowest BCUT2D eigenvalue weighted by molar-refractivity contribution is 0.239. The molecule has 0 saturated heterocycles. The van der Waals surface area contributed by atoms with Crippen LogP contribution in [0.5, 0.6) is 0 Å². The molecule has 0 aliphatic heterocycles. The SMILES string of the molecule is CCCC(C#N)OS(=O)[O-]. The summed E-state index contributed by atoms with van der Waals surface area (Å²) in [7, 11) is 0. The van der Waals surface area contributed by atoms with Crippen LogP contribution >= 0.6 is 0 Å². The summed E-state index contributed by atoms with van der Waals surface area (Å²) < 4.78 is 23.9. The van der Waals surface area contributed by atoms with Crippen molar-refractivity contribution in [3.8, 4) is 6.07 Å². The summed E-state index contributed by atoms with van der Waals surface area (Å²) in [6.45, 7) is 1.85. The van der Waals surface area contributed by atoms with Crippen LogP contribution in [0.3, 0.4) is 0 Å². The van der Waals surface area contributed by atoms with Gasteiger partial charge >= 0.3 is 0 Å². The predicted molar refractivity (Wildman–Crippen MR) is 34.3 cm³/mol. The molecule has 10 heavy (non-hydrogen) atoms. The average molecular weight is 162 g/mol. The van der Waals surface area contributed by atoms with Gasteiger partial charge in [0.05, 0.1) is 17.4 Å². The molecule has 0 aromatic carbocycles. The van der Waals surface area contributed by atoms with Gasteiger partial charge < -0.3 is 4.55 Å². The molecular weight excluding hydrogens is 154 g/mol. The Morgan fingerprint density at radius 2 is 2.50 bits per heavy atom. The van der Waals surface area contributed by atoms with Crippen LogP contribution in [0.1, 0.15) is 19.8 Å². The molecule has 4 nitrogen and oxygen atoms in total. The van der Waals surface area contributed by atoms with Crippen LogP contribution in [0.15, 0.2) is 0 Å². The topological polar surface area (TPSA) is 73.1 Å². The Kier molecular flexibility index (Phi) is 5.12. The van der Waals surface area contributed by atoms with Crippen LogP contribution in [0.2, 0.25) is 0 Å². The van der Waals surface area contributed by atoms with Gasteiger partial charge in [0, 0.05) is 0 Å². The van der Waals surface area contributed by atoms with Crippen molar-refractivity contribution in [3.05, 3.63) is 0 Å². The highest BCUT2D eigenvalue weighted by molar-refractivity contribution is 7.74. The quantitative estimate of drug-likeness (QED) is 0.564. The molecule has 0 aromatic heterocycles. The maximum absolute atomic E-state index is 9.87. The highest BCUT2D eigenvalue weighted by atomic mass is 32.2. The van der Waals surface area contributed by atoms with Crippen LogP contribution in [0.25, 0.3) is 0 Å². The van der Waals surface area contributed by atoms with Crippen LogP contribution in [-0.4, -0.2) is 14.9 Å². The molecule has 2 atom stereocenters. The fourth-order valence-corrected chi connectivity index (χ4v) is 0.820. The van der Waals surface area contributed by atoms with E-state index < -0.39 is 17.5 Å². The van der Waals surface area contributed by atoms with Gasteiger partial charge in [0.15, 0.2) is 6.10 Å².